The molecule has 1 aliphatic rings. The van der Waals surface area contributed by atoms with E-state index in [0.717, 1.165) is 31.2 Å². The van der Waals surface area contributed by atoms with E-state index in [9.17, 15) is 9.59 Å². The Morgan fingerprint density at radius 1 is 1.08 bits per heavy atom. The number of nitrogens with zero attached hydrogens (tertiary/aromatic N) is 1. The maximum absolute atomic E-state index is 12.3. The summed E-state index contributed by atoms with van der Waals surface area (Å²) in [5, 5.41) is 5.88. The van der Waals surface area contributed by atoms with E-state index in [-0.39, 0.29) is 17.7 Å². The summed E-state index contributed by atoms with van der Waals surface area (Å²) >= 11 is 0. The molecule has 1 heterocycles. The molecule has 24 heavy (non-hydrogen) atoms. The molecule has 124 valence electrons. The Bertz CT molecular complexity index is 710. The SMILES string of the molecule is O=C(Nc1ccccc1CNC(=O)C1CCCC1)c1cccnc1. The third kappa shape index (κ3) is 3.98. The van der Waals surface area contributed by atoms with Gasteiger partial charge in [0.15, 0.2) is 0 Å². The summed E-state index contributed by atoms with van der Waals surface area (Å²) in [6.07, 6.45) is 7.38. The molecule has 0 aliphatic heterocycles. The highest BCUT2D eigenvalue weighted by molar-refractivity contribution is 6.04. The molecule has 0 radical (unpaired) electrons. The number of hydrogen-bond donors (Lipinski definition) is 2. The molecule has 3 rings (SSSR count). The fourth-order valence-electron chi connectivity index (χ4n) is 3.00. The van der Waals surface area contributed by atoms with Crippen molar-refractivity contribution in [3.05, 3.63) is 59.9 Å². The van der Waals surface area contributed by atoms with Crippen LogP contribution < -0.4 is 10.6 Å². The van der Waals surface area contributed by atoms with Gasteiger partial charge >= 0.3 is 0 Å². The van der Waals surface area contributed by atoms with Gasteiger partial charge in [0.25, 0.3) is 5.91 Å². The first-order chi connectivity index (χ1) is 11.7. The van der Waals surface area contributed by atoms with Gasteiger partial charge in [-0.05, 0) is 36.6 Å². The first-order valence-electron chi connectivity index (χ1n) is 8.31. The van der Waals surface area contributed by atoms with Crippen LogP contribution in [-0.4, -0.2) is 16.8 Å². The minimum atomic E-state index is -0.210. The molecule has 5 heteroatoms. The van der Waals surface area contributed by atoms with Crippen molar-refractivity contribution >= 4 is 17.5 Å². The van der Waals surface area contributed by atoms with Crippen molar-refractivity contribution in [2.24, 2.45) is 5.92 Å². The Hall–Kier alpha value is -2.69. The number of rotatable bonds is 5. The molecule has 0 atom stereocenters. The van der Waals surface area contributed by atoms with Crippen molar-refractivity contribution in [2.45, 2.75) is 32.2 Å². The second-order valence-electron chi connectivity index (χ2n) is 6.05. The number of amides is 2. The van der Waals surface area contributed by atoms with Crippen molar-refractivity contribution in [1.29, 1.82) is 0 Å². The van der Waals surface area contributed by atoms with Crippen LogP contribution in [0.5, 0.6) is 0 Å². The fourth-order valence-corrected chi connectivity index (χ4v) is 3.00. The number of benzene rings is 1. The highest BCUT2D eigenvalue weighted by Crippen LogP contribution is 2.25. The zero-order valence-electron chi connectivity index (χ0n) is 13.5. The Morgan fingerprint density at radius 3 is 2.62 bits per heavy atom. The van der Waals surface area contributed by atoms with Crippen LogP contribution >= 0.6 is 0 Å². The lowest BCUT2D eigenvalue weighted by atomic mass is 10.1. The molecule has 1 aromatic heterocycles. The van der Waals surface area contributed by atoms with Crippen LogP contribution in [-0.2, 0) is 11.3 Å². The van der Waals surface area contributed by atoms with Gasteiger partial charge in [0, 0.05) is 30.5 Å². The molecular weight excluding hydrogens is 302 g/mol. The summed E-state index contributed by atoms with van der Waals surface area (Å²) in [7, 11) is 0. The van der Waals surface area contributed by atoms with Gasteiger partial charge in [0.05, 0.1) is 5.56 Å². The second-order valence-corrected chi connectivity index (χ2v) is 6.05. The zero-order valence-corrected chi connectivity index (χ0v) is 13.5. The Morgan fingerprint density at radius 2 is 1.88 bits per heavy atom. The van der Waals surface area contributed by atoms with Gasteiger partial charge in [0.1, 0.15) is 0 Å². The second kappa shape index (κ2) is 7.73. The summed E-state index contributed by atoms with van der Waals surface area (Å²) in [6.45, 7) is 0.416. The minimum Gasteiger partial charge on any atom is -0.352 e. The standard InChI is InChI=1S/C19H21N3O2/c23-18(14-6-1-2-7-14)21-13-15-8-3-4-10-17(15)22-19(24)16-9-5-11-20-12-16/h3-5,8-12,14H,1-2,6-7,13H2,(H,21,23)(H,22,24). The molecule has 2 amide bonds. The maximum atomic E-state index is 12.3. The summed E-state index contributed by atoms with van der Waals surface area (Å²) in [6, 6.07) is 11.0. The lowest BCUT2D eigenvalue weighted by molar-refractivity contribution is -0.124. The first-order valence-corrected chi connectivity index (χ1v) is 8.31. The lowest BCUT2D eigenvalue weighted by Crippen LogP contribution is -2.29. The van der Waals surface area contributed by atoms with Crippen LogP contribution in [0.15, 0.2) is 48.8 Å². The van der Waals surface area contributed by atoms with Crippen LogP contribution in [0.1, 0.15) is 41.6 Å². The Kier molecular flexibility index (Phi) is 5.21. The minimum absolute atomic E-state index is 0.112. The van der Waals surface area contributed by atoms with Crippen molar-refractivity contribution < 1.29 is 9.59 Å². The van der Waals surface area contributed by atoms with Gasteiger partial charge in [-0.15, -0.1) is 0 Å². The molecule has 0 spiro atoms. The number of aromatic nitrogens is 1. The smallest absolute Gasteiger partial charge is 0.257 e. The summed E-state index contributed by atoms with van der Waals surface area (Å²) in [4.78, 5) is 28.4. The molecule has 1 saturated carbocycles. The predicted octanol–water partition coefficient (Wildman–Crippen LogP) is 3.14. The van der Waals surface area contributed by atoms with Gasteiger partial charge in [-0.25, -0.2) is 0 Å². The van der Waals surface area contributed by atoms with Crippen LogP contribution in [0.2, 0.25) is 0 Å². The molecule has 5 nitrogen and oxygen atoms in total. The van der Waals surface area contributed by atoms with Crippen molar-refractivity contribution in [1.82, 2.24) is 10.3 Å². The average Bonchev–Trinajstić information content (AvgIpc) is 3.16. The summed E-state index contributed by atoms with van der Waals surface area (Å²) in [5.74, 6) is 0.0423. The monoisotopic (exact) mass is 323 g/mol. The molecule has 1 aromatic carbocycles. The third-order valence-electron chi connectivity index (χ3n) is 4.37. The Labute approximate surface area is 141 Å². The van der Waals surface area contributed by atoms with Crippen LogP contribution in [0, 0.1) is 5.92 Å². The maximum Gasteiger partial charge on any atom is 0.257 e. The number of hydrogen-bond acceptors (Lipinski definition) is 3. The molecule has 1 fully saturated rings. The topological polar surface area (TPSA) is 71.1 Å². The average molecular weight is 323 g/mol. The number of nitrogens with one attached hydrogen (secondary N) is 2. The summed E-state index contributed by atoms with van der Waals surface area (Å²) < 4.78 is 0. The van der Waals surface area contributed by atoms with E-state index in [2.05, 4.69) is 15.6 Å². The van der Waals surface area contributed by atoms with Crippen LogP contribution in [0.3, 0.4) is 0 Å². The normalized spacial score (nSPS) is 14.3. The van der Waals surface area contributed by atoms with E-state index in [1.54, 1.807) is 18.3 Å². The van der Waals surface area contributed by atoms with Crippen LogP contribution in [0.25, 0.3) is 0 Å². The quantitative estimate of drug-likeness (QED) is 0.888. The number of carbonyl (C=O) groups is 2. The van der Waals surface area contributed by atoms with Crippen molar-refractivity contribution in [3.8, 4) is 0 Å². The van der Waals surface area contributed by atoms with E-state index in [0.29, 0.717) is 17.8 Å². The molecule has 0 bridgehead atoms. The highest BCUT2D eigenvalue weighted by Gasteiger charge is 2.22. The lowest BCUT2D eigenvalue weighted by Gasteiger charge is -2.14. The van der Waals surface area contributed by atoms with Gasteiger partial charge < -0.3 is 10.6 Å². The first kappa shape index (κ1) is 16.2. The van der Waals surface area contributed by atoms with E-state index in [4.69, 9.17) is 0 Å². The van der Waals surface area contributed by atoms with Gasteiger partial charge in [-0.1, -0.05) is 31.0 Å². The fraction of sp³-hybridized carbons (Fsp3) is 0.316. The van der Waals surface area contributed by atoms with E-state index in [1.807, 2.05) is 24.3 Å². The van der Waals surface area contributed by atoms with Crippen LogP contribution in [0.4, 0.5) is 5.69 Å². The number of pyridine rings is 1. The predicted molar refractivity (Wildman–Crippen MR) is 92.4 cm³/mol. The number of anilines is 1. The molecule has 1 aliphatic carbocycles. The van der Waals surface area contributed by atoms with E-state index < -0.39 is 0 Å². The van der Waals surface area contributed by atoms with Crippen molar-refractivity contribution in [3.63, 3.8) is 0 Å². The zero-order chi connectivity index (χ0) is 16.8. The molecule has 0 unspecified atom stereocenters. The Balaban J connectivity index is 1.64. The number of para-hydroxylation sites is 1. The molecule has 0 saturated heterocycles. The van der Waals surface area contributed by atoms with Gasteiger partial charge in [-0.3, -0.25) is 14.6 Å². The van der Waals surface area contributed by atoms with E-state index in [1.165, 1.54) is 6.20 Å². The highest BCUT2D eigenvalue weighted by atomic mass is 16.2. The van der Waals surface area contributed by atoms with Crippen molar-refractivity contribution in [2.75, 3.05) is 5.32 Å². The molecule has 2 aromatic rings. The van der Waals surface area contributed by atoms with E-state index >= 15 is 0 Å². The largest absolute Gasteiger partial charge is 0.352 e. The van der Waals surface area contributed by atoms with Gasteiger partial charge in [0.2, 0.25) is 5.91 Å². The summed E-state index contributed by atoms with van der Waals surface area (Å²) in [5.41, 5.74) is 2.10. The third-order valence-corrected chi connectivity index (χ3v) is 4.37. The molecule has 2 N–H and O–H groups in total. The van der Waals surface area contributed by atoms with Gasteiger partial charge in [-0.2, -0.15) is 0 Å². The number of carbonyl (C=O) groups excluding carboxylic acids is 2. The molecular formula is C19H21N3O2.